The summed E-state index contributed by atoms with van der Waals surface area (Å²) in [6, 6.07) is 13.1. The molecule has 0 aromatic heterocycles. The summed E-state index contributed by atoms with van der Waals surface area (Å²) in [5, 5.41) is 3.58. The summed E-state index contributed by atoms with van der Waals surface area (Å²) in [5.41, 5.74) is 2.72. The fourth-order valence-corrected chi connectivity index (χ4v) is 2.25. The van der Waals surface area contributed by atoms with E-state index in [0.29, 0.717) is 17.1 Å². The molecule has 0 saturated carbocycles. The zero-order chi connectivity index (χ0) is 13.8. The Hall–Kier alpha value is -1.32. The molecule has 0 aliphatic rings. The van der Waals surface area contributed by atoms with Gasteiger partial charge in [0, 0.05) is 16.0 Å². The van der Waals surface area contributed by atoms with Crippen molar-refractivity contribution < 1.29 is 4.79 Å². The van der Waals surface area contributed by atoms with Gasteiger partial charge in [0.15, 0.2) is 0 Å². The summed E-state index contributed by atoms with van der Waals surface area (Å²) >= 11 is 9.20. The number of halogens is 2. The quantitative estimate of drug-likeness (QED) is 0.886. The van der Waals surface area contributed by atoms with Crippen molar-refractivity contribution in [2.45, 2.75) is 13.5 Å². The first-order valence-electron chi connectivity index (χ1n) is 5.85. The summed E-state index contributed by atoms with van der Waals surface area (Å²) in [4.78, 5) is 12.1. The first-order valence-corrected chi connectivity index (χ1v) is 7.02. The third-order valence-corrected chi connectivity index (χ3v) is 3.68. The van der Waals surface area contributed by atoms with E-state index in [4.69, 9.17) is 11.6 Å². The maximum absolute atomic E-state index is 12.1. The molecule has 0 fully saturated rings. The van der Waals surface area contributed by atoms with Crippen LogP contribution >= 0.6 is 27.5 Å². The summed E-state index contributed by atoms with van der Waals surface area (Å²) < 4.78 is 0.798. The average Bonchev–Trinajstić information content (AvgIpc) is 2.40. The van der Waals surface area contributed by atoms with Crippen LogP contribution in [0.1, 0.15) is 21.5 Å². The summed E-state index contributed by atoms with van der Waals surface area (Å²) in [6.45, 7) is 2.44. The van der Waals surface area contributed by atoms with Crippen molar-refractivity contribution >= 4 is 33.4 Å². The molecule has 0 unspecified atom stereocenters. The Morgan fingerprint density at radius 3 is 2.58 bits per heavy atom. The number of nitrogens with one attached hydrogen (secondary N) is 1. The summed E-state index contributed by atoms with van der Waals surface area (Å²) in [5.74, 6) is -0.0921. The molecule has 2 aromatic rings. The average molecular weight is 339 g/mol. The highest BCUT2D eigenvalue weighted by atomic mass is 79.9. The molecule has 2 aromatic carbocycles. The maximum Gasteiger partial charge on any atom is 0.252 e. The molecular formula is C15H13BrClNO. The van der Waals surface area contributed by atoms with Gasteiger partial charge >= 0.3 is 0 Å². The Kier molecular flexibility index (Phi) is 4.61. The van der Waals surface area contributed by atoms with Crippen molar-refractivity contribution in [2.24, 2.45) is 0 Å². The molecule has 0 heterocycles. The Labute approximate surface area is 125 Å². The normalized spacial score (nSPS) is 10.3. The van der Waals surface area contributed by atoms with Gasteiger partial charge in [-0.25, -0.2) is 0 Å². The van der Waals surface area contributed by atoms with Gasteiger partial charge in [0.1, 0.15) is 0 Å². The smallest absolute Gasteiger partial charge is 0.252 e. The highest BCUT2D eigenvalue weighted by molar-refractivity contribution is 9.10. The number of rotatable bonds is 3. The number of hydrogen-bond acceptors (Lipinski definition) is 1. The lowest BCUT2D eigenvalue weighted by Gasteiger charge is -2.08. The van der Waals surface area contributed by atoms with Crippen molar-refractivity contribution in [3.05, 3.63) is 68.7 Å². The van der Waals surface area contributed by atoms with E-state index in [2.05, 4.69) is 21.2 Å². The Morgan fingerprint density at radius 1 is 1.21 bits per heavy atom. The van der Waals surface area contributed by atoms with Crippen LogP contribution in [0.15, 0.2) is 46.9 Å². The first kappa shape index (κ1) is 14.1. The highest BCUT2D eigenvalue weighted by Crippen LogP contribution is 2.18. The second kappa shape index (κ2) is 6.22. The van der Waals surface area contributed by atoms with E-state index in [0.717, 1.165) is 15.6 Å². The largest absolute Gasteiger partial charge is 0.348 e. The third kappa shape index (κ3) is 3.82. The van der Waals surface area contributed by atoms with Gasteiger partial charge in [0.2, 0.25) is 0 Å². The molecule has 98 valence electrons. The molecule has 0 atom stereocenters. The minimum Gasteiger partial charge on any atom is -0.348 e. The van der Waals surface area contributed by atoms with Crippen LogP contribution in [0.25, 0.3) is 0 Å². The standard InChI is InChI=1S/C15H13BrClNO/c1-10-2-7-14(16)13(8-10)15(19)18-9-11-3-5-12(17)6-4-11/h2-8H,9H2,1H3,(H,18,19). The molecule has 0 radical (unpaired) electrons. The summed E-state index contributed by atoms with van der Waals surface area (Å²) in [6.07, 6.45) is 0. The van der Waals surface area contributed by atoms with Gasteiger partial charge in [-0.05, 0) is 52.7 Å². The fraction of sp³-hybridized carbons (Fsp3) is 0.133. The minimum absolute atomic E-state index is 0.0921. The predicted octanol–water partition coefficient (Wildman–Crippen LogP) is 4.34. The number of amides is 1. The Balaban J connectivity index is 2.05. The van der Waals surface area contributed by atoms with Crippen molar-refractivity contribution in [3.63, 3.8) is 0 Å². The molecule has 2 nitrogen and oxygen atoms in total. The number of benzene rings is 2. The van der Waals surface area contributed by atoms with Crippen LogP contribution in [0.5, 0.6) is 0 Å². The molecule has 0 aliphatic carbocycles. The zero-order valence-corrected chi connectivity index (χ0v) is 12.8. The van der Waals surface area contributed by atoms with Crippen molar-refractivity contribution in [1.29, 1.82) is 0 Å². The van der Waals surface area contributed by atoms with E-state index in [9.17, 15) is 4.79 Å². The zero-order valence-electron chi connectivity index (χ0n) is 10.4. The van der Waals surface area contributed by atoms with Gasteiger partial charge < -0.3 is 5.32 Å². The van der Waals surface area contributed by atoms with Crippen LogP contribution in [0.3, 0.4) is 0 Å². The lowest BCUT2D eigenvalue weighted by molar-refractivity contribution is 0.0950. The second-order valence-electron chi connectivity index (χ2n) is 4.29. The van der Waals surface area contributed by atoms with Crippen LogP contribution in [-0.4, -0.2) is 5.91 Å². The molecule has 2 rings (SSSR count). The van der Waals surface area contributed by atoms with Gasteiger partial charge in [-0.3, -0.25) is 4.79 Å². The van der Waals surface area contributed by atoms with Gasteiger partial charge in [-0.2, -0.15) is 0 Å². The van der Waals surface area contributed by atoms with Crippen molar-refractivity contribution in [3.8, 4) is 0 Å². The SMILES string of the molecule is Cc1ccc(Br)c(C(=O)NCc2ccc(Cl)cc2)c1. The molecule has 0 aliphatic heterocycles. The van der Waals surface area contributed by atoms with E-state index in [1.165, 1.54) is 0 Å². The number of hydrogen-bond donors (Lipinski definition) is 1. The third-order valence-electron chi connectivity index (χ3n) is 2.73. The van der Waals surface area contributed by atoms with Gasteiger partial charge in [0.05, 0.1) is 5.56 Å². The molecule has 4 heteroatoms. The van der Waals surface area contributed by atoms with E-state index >= 15 is 0 Å². The van der Waals surface area contributed by atoms with Gasteiger partial charge in [-0.1, -0.05) is 35.4 Å². The highest BCUT2D eigenvalue weighted by Gasteiger charge is 2.09. The van der Waals surface area contributed by atoms with Crippen LogP contribution in [0.4, 0.5) is 0 Å². The lowest BCUT2D eigenvalue weighted by atomic mass is 10.1. The molecule has 0 bridgehead atoms. The van der Waals surface area contributed by atoms with Crippen molar-refractivity contribution in [1.82, 2.24) is 5.32 Å². The van der Waals surface area contributed by atoms with Crippen molar-refractivity contribution in [2.75, 3.05) is 0 Å². The molecule has 0 saturated heterocycles. The van der Waals surface area contributed by atoms with Crippen LogP contribution in [-0.2, 0) is 6.54 Å². The Morgan fingerprint density at radius 2 is 1.89 bits per heavy atom. The first-order chi connectivity index (χ1) is 9.06. The minimum atomic E-state index is -0.0921. The topological polar surface area (TPSA) is 29.1 Å². The monoisotopic (exact) mass is 337 g/mol. The van der Waals surface area contributed by atoms with E-state index in [1.54, 1.807) is 0 Å². The van der Waals surface area contributed by atoms with Gasteiger partial charge in [-0.15, -0.1) is 0 Å². The number of aryl methyl sites for hydroxylation is 1. The maximum atomic E-state index is 12.1. The summed E-state index contributed by atoms with van der Waals surface area (Å²) in [7, 11) is 0. The molecule has 0 spiro atoms. The van der Waals surface area contributed by atoms with E-state index in [-0.39, 0.29) is 5.91 Å². The molecule has 1 N–H and O–H groups in total. The number of carbonyl (C=O) groups is 1. The molecule has 19 heavy (non-hydrogen) atoms. The molecule has 1 amide bonds. The van der Waals surface area contributed by atoms with E-state index in [1.807, 2.05) is 49.4 Å². The lowest BCUT2D eigenvalue weighted by Crippen LogP contribution is -2.23. The van der Waals surface area contributed by atoms with Crippen LogP contribution in [0.2, 0.25) is 5.02 Å². The van der Waals surface area contributed by atoms with Gasteiger partial charge in [0.25, 0.3) is 5.91 Å². The van der Waals surface area contributed by atoms with E-state index < -0.39 is 0 Å². The van der Waals surface area contributed by atoms with Crippen LogP contribution in [0, 0.1) is 6.92 Å². The fourth-order valence-electron chi connectivity index (χ4n) is 1.69. The van der Waals surface area contributed by atoms with Crippen LogP contribution < -0.4 is 5.32 Å². The predicted molar refractivity (Wildman–Crippen MR) is 81.5 cm³/mol. The molecular weight excluding hydrogens is 326 g/mol. The second-order valence-corrected chi connectivity index (χ2v) is 5.58. The Bertz CT molecular complexity index is 596. The number of carbonyl (C=O) groups excluding carboxylic acids is 1.